The number of nitrogens with zero attached hydrogens (tertiary/aromatic N) is 1. The first-order valence-corrected chi connectivity index (χ1v) is 24.0. The molecule has 0 rings (SSSR count). The van der Waals surface area contributed by atoms with Crippen LogP contribution in [0.1, 0.15) is 149 Å². The van der Waals surface area contributed by atoms with E-state index in [0.29, 0.717) is 30.3 Å². The largest absolute Gasteiger partial charge is 0.756 e. The Balaban J connectivity index is 4.38. The van der Waals surface area contributed by atoms with Gasteiger partial charge in [-0.15, -0.1) is 0 Å². The predicted octanol–water partition coefficient (Wildman–Crippen LogP) is 12.3. The van der Waals surface area contributed by atoms with E-state index in [1.54, 1.807) is 0 Å². The lowest BCUT2D eigenvalue weighted by atomic mass is 10.1. The van der Waals surface area contributed by atoms with Crippen LogP contribution in [0.3, 0.4) is 0 Å². The summed E-state index contributed by atoms with van der Waals surface area (Å²) in [7, 11) is 1.10. The van der Waals surface area contributed by atoms with E-state index >= 15 is 0 Å². The molecule has 59 heavy (non-hydrogen) atoms. The Bertz CT molecular complexity index is 1320. The predicted molar refractivity (Wildman–Crippen MR) is 245 cm³/mol. The zero-order chi connectivity index (χ0) is 43.6. The number of ether oxygens (including phenoxy) is 2. The van der Waals surface area contributed by atoms with Crippen molar-refractivity contribution >= 4 is 19.8 Å². The SMILES string of the molecule is CC/C=C/C=C/C=C/C=C/C=C/CCCC(=O)OC(COC(=O)CCCCCCCCCCC/C=C/C/C=C/C/C=C/CCCCC)COP(=O)([O-])OCC[N+](C)(C)C. The van der Waals surface area contributed by atoms with Crippen LogP contribution in [0.2, 0.25) is 0 Å². The summed E-state index contributed by atoms with van der Waals surface area (Å²) in [5.41, 5.74) is 0. The van der Waals surface area contributed by atoms with Crippen LogP contribution in [0.25, 0.3) is 0 Å². The van der Waals surface area contributed by atoms with E-state index in [0.717, 1.165) is 44.9 Å². The van der Waals surface area contributed by atoms with Gasteiger partial charge in [0.1, 0.15) is 19.8 Å². The number of phosphoric acid groups is 1. The van der Waals surface area contributed by atoms with Crippen LogP contribution in [-0.2, 0) is 32.7 Å². The number of unbranched alkanes of at least 4 members (excludes halogenated alkanes) is 13. The number of likely N-dealkylation sites (N-methyl/N-ethyl adjacent to an activating group) is 1. The van der Waals surface area contributed by atoms with Gasteiger partial charge in [0.2, 0.25) is 0 Å². The van der Waals surface area contributed by atoms with Crippen LogP contribution >= 0.6 is 7.82 Å². The normalized spacial score (nSPS) is 14.5. The molecule has 10 heteroatoms. The van der Waals surface area contributed by atoms with Gasteiger partial charge in [0.15, 0.2) is 6.10 Å². The van der Waals surface area contributed by atoms with Crippen molar-refractivity contribution in [3.8, 4) is 0 Å². The highest BCUT2D eigenvalue weighted by molar-refractivity contribution is 7.45. The lowest BCUT2D eigenvalue weighted by Crippen LogP contribution is -2.37. The van der Waals surface area contributed by atoms with E-state index < -0.39 is 32.5 Å². The van der Waals surface area contributed by atoms with Crippen LogP contribution in [0.4, 0.5) is 0 Å². The van der Waals surface area contributed by atoms with Crippen molar-refractivity contribution in [1.82, 2.24) is 0 Å². The first-order chi connectivity index (χ1) is 28.5. The van der Waals surface area contributed by atoms with Crippen molar-refractivity contribution in [2.45, 2.75) is 155 Å². The molecule has 0 bridgehead atoms. The van der Waals surface area contributed by atoms with Crippen molar-refractivity contribution in [2.75, 3.05) is 47.5 Å². The Morgan fingerprint density at radius 1 is 0.559 bits per heavy atom. The van der Waals surface area contributed by atoms with Gasteiger partial charge >= 0.3 is 11.9 Å². The maximum Gasteiger partial charge on any atom is 0.306 e. The second-order valence-electron chi connectivity index (χ2n) is 15.8. The molecule has 0 aromatic carbocycles. The van der Waals surface area contributed by atoms with Crippen LogP contribution < -0.4 is 4.89 Å². The Labute approximate surface area is 360 Å². The molecule has 0 N–H and O–H groups in total. The number of carbonyl (C=O) groups is 2. The van der Waals surface area contributed by atoms with Gasteiger partial charge in [-0.3, -0.25) is 14.2 Å². The molecule has 0 radical (unpaired) electrons. The molecular weight excluding hydrogens is 762 g/mol. The van der Waals surface area contributed by atoms with Gasteiger partial charge in [0.25, 0.3) is 7.82 Å². The van der Waals surface area contributed by atoms with Gasteiger partial charge in [-0.1, -0.05) is 169 Å². The number of hydrogen-bond acceptors (Lipinski definition) is 8. The first-order valence-electron chi connectivity index (χ1n) is 22.5. The Morgan fingerprint density at radius 2 is 1.05 bits per heavy atom. The molecule has 0 spiro atoms. The standard InChI is InChI=1S/C49H82NO8P/c1-6-8-10-12-14-16-18-20-21-22-23-24-25-26-27-28-30-31-33-35-37-39-41-48(51)55-45-47(46-57-59(53,54)56-44-43-50(3,4)5)58-49(52)42-40-38-36-34-32-29-19-17-15-13-11-9-7-2/h9,11,13-17,19-21,23-24,29,32,34,36,47H,6-8,10,12,18,22,25-28,30-31,33,35,37-46H2,1-5H3/b11-9+,15-13+,16-14+,19-17+,21-20+,24-23+,32-29+,36-34+. The van der Waals surface area contributed by atoms with Crippen molar-refractivity contribution in [2.24, 2.45) is 0 Å². The quantitative estimate of drug-likeness (QED) is 0.0150. The number of quaternary nitrogens is 1. The molecular formula is C49H82NO8P. The Morgan fingerprint density at radius 3 is 1.63 bits per heavy atom. The Kier molecular flexibility index (Phi) is 38.2. The lowest BCUT2D eigenvalue weighted by Gasteiger charge is -2.28. The molecule has 0 saturated heterocycles. The summed E-state index contributed by atoms with van der Waals surface area (Å²) in [5, 5.41) is 0. The van der Waals surface area contributed by atoms with E-state index in [4.69, 9.17) is 18.5 Å². The number of hydrogen-bond donors (Lipinski definition) is 0. The summed E-state index contributed by atoms with van der Waals surface area (Å²) >= 11 is 0. The third-order valence-electron chi connectivity index (χ3n) is 8.97. The summed E-state index contributed by atoms with van der Waals surface area (Å²) in [5.74, 6) is -0.937. The van der Waals surface area contributed by atoms with Crippen molar-refractivity contribution in [1.29, 1.82) is 0 Å². The molecule has 9 nitrogen and oxygen atoms in total. The van der Waals surface area contributed by atoms with Gasteiger partial charge < -0.3 is 27.9 Å². The minimum absolute atomic E-state index is 0.0509. The van der Waals surface area contributed by atoms with E-state index in [-0.39, 0.29) is 26.1 Å². The average molecular weight is 844 g/mol. The molecule has 0 aliphatic carbocycles. The van der Waals surface area contributed by atoms with Crippen molar-refractivity contribution in [3.05, 3.63) is 97.2 Å². The number of carbonyl (C=O) groups excluding carboxylic acids is 2. The molecule has 0 aliphatic heterocycles. The maximum atomic E-state index is 12.6. The van der Waals surface area contributed by atoms with Crippen molar-refractivity contribution < 1.29 is 42.1 Å². The highest BCUT2D eigenvalue weighted by Gasteiger charge is 2.21. The molecule has 0 amide bonds. The summed E-state index contributed by atoms with van der Waals surface area (Å²) in [4.78, 5) is 37.5. The monoisotopic (exact) mass is 844 g/mol. The van der Waals surface area contributed by atoms with E-state index in [2.05, 4.69) is 56.4 Å². The fraction of sp³-hybridized carbons (Fsp3) is 0.633. The number of esters is 2. The zero-order valence-electron chi connectivity index (χ0n) is 37.7. The molecule has 0 fully saturated rings. The first kappa shape index (κ1) is 55.9. The minimum atomic E-state index is -4.65. The smallest absolute Gasteiger partial charge is 0.306 e. The number of phosphoric ester groups is 1. The van der Waals surface area contributed by atoms with Gasteiger partial charge in [0.05, 0.1) is 27.7 Å². The third kappa shape index (κ3) is 44.3. The van der Waals surface area contributed by atoms with Gasteiger partial charge in [-0.05, 0) is 64.2 Å². The van der Waals surface area contributed by atoms with Gasteiger partial charge in [-0.2, -0.15) is 0 Å². The van der Waals surface area contributed by atoms with E-state index in [9.17, 15) is 19.0 Å². The minimum Gasteiger partial charge on any atom is -0.756 e. The molecule has 0 heterocycles. The zero-order valence-corrected chi connectivity index (χ0v) is 38.5. The third-order valence-corrected chi connectivity index (χ3v) is 9.93. The molecule has 0 aliphatic rings. The Hall–Kier alpha value is -3.07. The summed E-state index contributed by atoms with van der Waals surface area (Å²) < 4.78 is 33.8. The van der Waals surface area contributed by atoms with Crippen LogP contribution in [-0.4, -0.2) is 70.0 Å². The molecule has 2 unspecified atom stereocenters. The molecule has 336 valence electrons. The highest BCUT2D eigenvalue weighted by Crippen LogP contribution is 2.38. The van der Waals surface area contributed by atoms with Crippen molar-refractivity contribution in [3.63, 3.8) is 0 Å². The summed E-state index contributed by atoms with van der Waals surface area (Å²) in [6.45, 7) is 3.93. The average Bonchev–Trinajstić information content (AvgIpc) is 3.19. The van der Waals surface area contributed by atoms with Crippen LogP contribution in [0.15, 0.2) is 97.2 Å². The molecule has 2 atom stereocenters. The lowest BCUT2D eigenvalue weighted by molar-refractivity contribution is -0.870. The van der Waals surface area contributed by atoms with Gasteiger partial charge in [0, 0.05) is 12.8 Å². The second kappa shape index (κ2) is 40.3. The molecule has 0 aromatic rings. The number of rotatable bonds is 39. The maximum absolute atomic E-state index is 12.6. The van der Waals surface area contributed by atoms with E-state index in [1.165, 1.54) is 57.8 Å². The molecule has 0 aromatic heterocycles. The van der Waals surface area contributed by atoms with E-state index in [1.807, 2.05) is 75.8 Å². The van der Waals surface area contributed by atoms with Gasteiger partial charge in [-0.25, -0.2) is 0 Å². The second-order valence-corrected chi connectivity index (χ2v) is 17.2. The molecule has 0 saturated carbocycles. The summed E-state index contributed by atoms with van der Waals surface area (Å²) in [6, 6.07) is 0. The highest BCUT2D eigenvalue weighted by atomic mass is 31.2. The number of allylic oxidation sites excluding steroid dienone is 16. The van der Waals surface area contributed by atoms with Crippen LogP contribution in [0.5, 0.6) is 0 Å². The topological polar surface area (TPSA) is 111 Å². The summed E-state index contributed by atoms with van der Waals surface area (Å²) in [6.07, 6.45) is 53.1. The fourth-order valence-corrected chi connectivity index (χ4v) is 6.18. The fourth-order valence-electron chi connectivity index (χ4n) is 5.45. The van der Waals surface area contributed by atoms with Crippen LogP contribution in [0, 0.1) is 0 Å².